The molecule has 2 aromatic carbocycles. The lowest BCUT2D eigenvalue weighted by atomic mass is 9.83. The molecule has 0 spiro atoms. The summed E-state index contributed by atoms with van der Waals surface area (Å²) in [5, 5.41) is 38.0. The number of hydrogen-bond acceptors (Lipinski definition) is 13. The van der Waals surface area contributed by atoms with Crippen LogP contribution in [-0.2, 0) is 18.0 Å². The minimum absolute atomic E-state index is 0. The number of halogens is 1. The molecule has 49 heavy (non-hydrogen) atoms. The summed E-state index contributed by atoms with van der Waals surface area (Å²) in [6.07, 6.45) is 0. The highest BCUT2D eigenvalue weighted by atomic mass is 127. The van der Waals surface area contributed by atoms with E-state index in [0.29, 0.717) is 29.4 Å². The van der Waals surface area contributed by atoms with Gasteiger partial charge in [0.15, 0.2) is 11.4 Å². The fraction of sp³-hybridized carbons (Fsp3) is 0.152. The highest BCUT2D eigenvalue weighted by Gasteiger charge is 2.12. The molecule has 10 nitrogen and oxygen atoms in total. The van der Waals surface area contributed by atoms with Gasteiger partial charge in [-0.2, -0.15) is 22.7 Å². The van der Waals surface area contributed by atoms with E-state index in [4.69, 9.17) is 29.4 Å². The number of hydrogen-bond donors (Lipinski definition) is 3. The number of carboxylic acid groups (broad SMARTS) is 1. The van der Waals surface area contributed by atoms with Gasteiger partial charge in [-0.05, 0) is 110 Å². The first-order valence-corrected chi connectivity index (χ1v) is 18.8. The molecule has 0 saturated heterocycles. The summed E-state index contributed by atoms with van der Waals surface area (Å²) < 4.78 is 17.2. The van der Waals surface area contributed by atoms with E-state index >= 15 is 0 Å². The van der Waals surface area contributed by atoms with Crippen molar-refractivity contribution in [2.45, 2.75) is 27.6 Å². The molecule has 256 valence electrons. The molecule has 3 N–H and O–H groups in total. The Morgan fingerprint density at radius 3 is 1.78 bits per heavy atom. The summed E-state index contributed by atoms with van der Waals surface area (Å²) in [6, 6.07) is 19.3. The lowest BCUT2D eigenvalue weighted by Crippen LogP contribution is -2.27. The number of thiazole rings is 2. The number of ether oxygens (including phenoxy) is 3. The van der Waals surface area contributed by atoms with Crippen LogP contribution in [0.5, 0.6) is 11.5 Å². The molecule has 16 heteroatoms. The topological polar surface area (TPSA) is 148 Å². The van der Waals surface area contributed by atoms with Gasteiger partial charge in [-0.15, -0.1) is 22.7 Å². The van der Waals surface area contributed by atoms with Gasteiger partial charge < -0.3 is 29.4 Å². The Hall–Kier alpha value is -3.65. The number of aromatic nitrogens is 2. The number of carboxylic acids is 1. The van der Waals surface area contributed by atoms with Crippen molar-refractivity contribution in [3.8, 4) is 22.6 Å². The van der Waals surface area contributed by atoms with Crippen LogP contribution in [0.1, 0.15) is 45.3 Å². The number of thiophene rings is 2. The van der Waals surface area contributed by atoms with Crippen LogP contribution in [0.4, 0.5) is 0 Å². The summed E-state index contributed by atoms with van der Waals surface area (Å²) in [7, 11) is -1.30. The number of rotatable bonds is 11. The normalized spacial score (nSPS) is 9.96. The average Bonchev–Trinajstić information content (AvgIpc) is 3.93. The minimum atomic E-state index is -1.30. The Morgan fingerprint density at radius 2 is 1.31 bits per heavy atom. The van der Waals surface area contributed by atoms with Crippen molar-refractivity contribution in [2.24, 2.45) is 0 Å². The quantitative estimate of drug-likeness (QED) is 0.0673. The second kappa shape index (κ2) is 20.8. The van der Waals surface area contributed by atoms with Crippen molar-refractivity contribution >= 4 is 92.5 Å². The molecule has 0 saturated carbocycles. The zero-order chi connectivity index (χ0) is 34.3. The van der Waals surface area contributed by atoms with E-state index in [1.54, 1.807) is 40.5 Å². The molecule has 0 aliphatic rings. The van der Waals surface area contributed by atoms with Gasteiger partial charge >= 0.3 is 19.1 Å². The molecule has 0 bridgehead atoms. The second-order valence-electron chi connectivity index (χ2n) is 9.28. The second-order valence-corrected chi connectivity index (χ2v) is 14.0. The molecule has 0 aliphatic carbocycles. The Bertz CT molecular complexity index is 1830. The first-order chi connectivity index (χ1) is 23.2. The fourth-order valence-corrected chi connectivity index (χ4v) is 6.62. The molecule has 0 unspecified atom stereocenters. The molecule has 0 radical (unpaired) electrons. The van der Waals surface area contributed by atoms with E-state index in [1.807, 2.05) is 53.9 Å². The summed E-state index contributed by atoms with van der Waals surface area (Å²) in [5.74, 6) is 0.117. The number of benzene rings is 2. The predicted octanol–water partition coefficient (Wildman–Crippen LogP) is 7.72. The third-order valence-electron chi connectivity index (χ3n) is 5.90. The lowest BCUT2D eigenvalue weighted by molar-refractivity contribution is 0.0519. The maximum atomic E-state index is 11.5. The van der Waals surface area contributed by atoms with Crippen molar-refractivity contribution in [1.82, 2.24) is 9.97 Å². The van der Waals surface area contributed by atoms with Gasteiger partial charge in [0.2, 0.25) is 0 Å². The summed E-state index contributed by atoms with van der Waals surface area (Å²) in [6.45, 7) is 2.75. The zero-order valence-corrected chi connectivity index (χ0v) is 30.6. The molecular weight excluding hydrogens is 818 g/mol. The third kappa shape index (κ3) is 13.3. The third-order valence-corrected chi connectivity index (χ3v) is 9.64. The van der Waals surface area contributed by atoms with Crippen molar-refractivity contribution in [1.29, 1.82) is 0 Å². The van der Waals surface area contributed by atoms with Crippen molar-refractivity contribution in [3.05, 3.63) is 118 Å². The van der Waals surface area contributed by atoms with Crippen molar-refractivity contribution in [2.75, 3.05) is 6.61 Å². The van der Waals surface area contributed by atoms with Crippen LogP contribution in [0.2, 0.25) is 0 Å². The molecule has 0 aliphatic heterocycles. The maximum Gasteiger partial charge on any atom is 0.489 e. The molecule has 0 fully saturated rings. The van der Waals surface area contributed by atoms with Crippen LogP contribution in [0.3, 0.4) is 0 Å². The first-order valence-electron chi connectivity index (χ1n) is 14.0. The number of carbonyl (C=O) groups excluding carboxylic acids is 1. The van der Waals surface area contributed by atoms with E-state index in [1.165, 1.54) is 45.0 Å². The molecule has 4 heterocycles. The van der Waals surface area contributed by atoms with Crippen molar-refractivity contribution in [3.63, 3.8) is 0 Å². The van der Waals surface area contributed by atoms with Gasteiger partial charge in [0.1, 0.15) is 34.7 Å². The fourth-order valence-electron chi connectivity index (χ4n) is 3.57. The van der Waals surface area contributed by atoms with Crippen LogP contribution in [0.25, 0.3) is 11.1 Å². The van der Waals surface area contributed by atoms with Gasteiger partial charge in [-0.25, -0.2) is 19.6 Å². The summed E-state index contributed by atoms with van der Waals surface area (Å²) in [4.78, 5) is 30.3. The van der Waals surface area contributed by atoms with Crippen LogP contribution < -0.4 is 14.9 Å². The van der Waals surface area contributed by atoms with Crippen LogP contribution >= 0.6 is 67.9 Å². The lowest BCUT2D eigenvalue weighted by Gasteiger charge is -2.05. The molecular formula is C33H32BIN2O8S4. The highest BCUT2D eigenvalue weighted by molar-refractivity contribution is 14.1. The van der Waals surface area contributed by atoms with Gasteiger partial charge in [0, 0.05) is 14.3 Å². The summed E-state index contributed by atoms with van der Waals surface area (Å²) >= 11 is 8.02. The molecule has 0 atom stereocenters. The monoisotopic (exact) mass is 850 g/mol. The summed E-state index contributed by atoms with van der Waals surface area (Å²) in [5.41, 5.74) is 3.30. The predicted molar refractivity (Wildman–Crippen MR) is 206 cm³/mol. The first kappa shape index (κ1) is 39.8. The minimum Gasteiger partial charge on any atom is -0.486 e. The Labute approximate surface area is 313 Å². The average molecular weight is 851 g/mol. The largest absolute Gasteiger partial charge is 0.489 e. The van der Waals surface area contributed by atoms with Crippen LogP contribution in [0, 0.1) is 3.57 Å². The van der Waals surface area contributed by atoms with Gasteiger partial charge in [0.05, 0.1) is 6.61 Å². The Kier molecular flexibility index (Phi) is 16.9. The zero-order valence-electron chi connectivity index (χ0n) is 25.2. The Morgan fingerprint density at radius 1 is 0.755 bits per heavy atom. The smallest absolute Gasteiger partial charge is 0.486 e. The van der Waals surface area contributed by atoms with E-state index < -0.39 is 13.1 Å². The molecule has 4 aromatic heterocycles. The number of carbonyl (C=O) groups is 2. The van der Waals surface area contributed by atoms with Gasteiger partial charge in [0.25, 0.3) is 0 Å². The number of aromatic carboxylic acids is 1. The SMILES string of the molecule is C.CCOC(=O)c1csc(COc2ccc(I)cc2)n1.O=C(O)c1csc(COc2ccc(-c3ccsc3)cc2)n1.OB(O)c1ccsc1. The van der Waals surface area contributed by atoms with Gasteiger partial charge in [-0.1, -0.05) is 25.6 Å². The van der Waals surface area contributed by atoms with Gasteiger partial charge in [-0.3, -0.25) is 0 Å². The molecule has 0 amide bonds. The van der Waals surface area contributed by atoms with E-state index in [0.717, 1.165) is 25.6 Å². The van der Waals surface area contributed by atoms with E-state index in [-0.39, 0.29) is 25.7 Å². The van der Waals surface area contributed by atoms with Crippen LogP contribution in [-0.4, -0.2) is 50.8 Å². The van der Waals surface area contributed by atoms with E-state index in [2.05, 4.69) is 44.0 Å². The molecule has 6 aromatic rings. The van der Waals surface area contributed by atoms with Crippen molar-refractivity contribution < 1.29 is 39.0 Å². The Balaban J connectivity index is 0.000000215. The van der Waals surface area contributed by atoms with Crippen LogP contribution in [0.15, 0.2) is 92.9 Å². The number of nitrogens with zero attached hydrogens (tertiary/aromatic N) is 2. The number of esters is 1. The maximum absolute atomic E-state index is 11.5. The highest BCUT2D eigenvalue weighted by Crippen LogP contribution is 2.25. The molecule has 6 rings (SSSR count). The standard InChI is InChI=1S/C15H11NO3S2.C13H12INO3S.C4H5BO2S.CH4/c17-15(18)13-9-21-14(16-13)7-19-12-3-1-10(2-4-12)11-5-6-20-8-11;1-2-17-13(16)11-8-19-12(15-11)7-18-10-5-3-9(14)4-6-10;6-5(7)4-1-2-8-3-4;/h1-6,8-9H,7H2,(H,17,18);3-6,8H,2,7H2,1H3;1-3,6-7H;1H4. The van der Waals surface area contributed by atoms with E-state index in [9.17, 15) is 9.59 Å².